The molecule has 7 heteroatoms. The molecule has 5 nitrogen and oxygen atoms in total. The highest BCUT2D eigenvalue weighted by atomic mass is 32.2. The highest BCUT2D eigenvalue weighted by molar-refractivity contribution is 8.13. The van der Waals surface area contributed by atoms with E-state index < -0.39 is 5.54 Å². The van der Waals surface area contributed by atoms with E-state index in [-0.39, 0.29) is 23.7 Å². The van der Waals surface area contributed by atoms with Gasteiger partial charge in [-0.15, -0.1) is 0 Å². The Bertz CT molecular complexity index is 920. The van der Waals surface area contributed by atoms with E-state index in [1.165, 1.54) is 30.1 Å². The Morgan fingerprint density at radius 1 is 1.42 bits per heavy atom. The number of nitrogens with zero attached hydrogens (tertiary/aromatic N) is 3. The lowest BCUT2D eigenvalue weighted by Gasteiger charge is -2.30. The van der Waals surface area contributed by atoms with E-state index in [4.69, 9.17) is 11.0 Å². The minimum atomic E-state index is -0.731. The molecule has 1 aromatic heterocycles. The second kappa shape index (κ2) is 7.26. The Balaban J connectivity index is 1.86. The molecule has 0 saturated heterocycles. The second-order valence-electron chi connectivity index (χ2n) is 6.28. The molecular formula is C19H17FN4OS. The van der Waals surface area contributed by atoms with Crippen molar-refractivity contribution in [3.63, 3.8) is 0 Å². The maximum absolute atomic E-state index is 14.4. The molecule has 0 saturated carbocycles. The van der Waals surface area contributed by atoms with Gasteiger partial charge in [0, 0.05) is 23.9 Å². The number of pyridine rings is 1. The average Bonchev–Trinajstić information content (AvgIpc) is 2.63. The van der Waals surface area contributed by atoms with E-state index in [1.54, 1.807) is 18.2 Å². The first kappa shape index (κ1) is 18.1. The first-order valence-electron chi connectivity index (χ1n) is 8.08. The van der Waals surface area contributed by atoms with Crippen molar-refractivity contribution >= 4 is 22.7 Å². The number of ketones is 1. The molecule has 1 aliphatic heterocycles. The van der Waals surface area contributed by atoms with Crippen molar-refractivity contribution in [2.45, 2.75) is 25.3 Å². The molecule has 132 valence electrons. The SMILES string of the molecule is C[C@@]1(c2cc(CC(=O)c3ccc(C#N)cn3)ccc2F)CCSC(N)=N1. The molecule has 2 heterocycles. The van der Waals surface area contributed by atoms with Crippen LogP contribution in [0.25, 0.3) is 0 Å². The maximum Gasteiger partial charge on any atom is 0.185 e. The molecular weight excluding hydrogens is 351 g/mol. The van der Waals surface area contributed by atoms with Crippen molar-refractivity contribution in [2.24, 2.45) is 10.7 Å². The minimum Gasteiger partial charge on any atom is -0.379 e. The van der Waals surface area contributed by atoms with Gasteiger partial charge in [-0.05, 0) is 43.2 Å². The molecule has 0 bridgehead atoms. The largest absolute Gasteiger partial charge is 0.379 e. The summed E-state index contributed by atoms with van der Waals surface area (Å²) in [6.45, 7) is 1.85. The molecule has 26 heavy (non-hydrogen) atoms. The third kappa shape index (κ3) is 3.75. The van der Waals surface area contributed by atoms with Crippen LogP contribution in [0.3, 0.4) is 0 Å². The zero-order valence-corrected chi connectivity index (χ0v) is 15.0. The van der Waals surface area contributed by atoms with Crippen molar-refractivity contribution in [3.05, 3.63) is 64.7 Å². The molecule has 3 rings (SSSR count). The fourth-order valence-corrected chi connectivity index (χ4v) is 3.85. The van der Waals surface area contributed by atoms with Crippen molar-refractivity contribution in [1.29, 1.82) is 5.26 Å². The maximum atomic E-state index is 14.4. The van der Waals surface area contributed by atoms with Gasteiger partial charge >= 0.3 is 0 Å². The van der Waals surface area contributed by atoms with Crippen LogP contribution in [0.1, 0.15) is 40.5 Å². The quantitative estimate of drug-likeness (QED) is 0.837. The van der Waals surface area contributed by atoms with E-state index >= 15 is 0 Å². The number of carbonyl (C=O) groups excluding carboxylic acids is 1. The smallest absolute Gasteiger partial charge is 0.185 e. The third-order valence-electron chi connectivity index (χ3n) is 4.35. The minimum absolute atomic E-state index is 0.0935. The first-order valence-corrected chi connectivity index (χ1v) is 9.06. The normalized spacial score (nSPS) is 19.5. The number of amidine groups is 1. The van der Waals surface area contributed by atoms with Crippen LogP contribution >= 0.6 is 11.8 Å². The highest BCUT2D eigenvalue weighted by Gasteiger charge is 2.32. The fourth-order valence-electron chi connectivity index (χ4n) is 2.88. The summed E-state index contributed by atoms with van der Waals surface area (Å²) in [6, 6.07) is 9.67. The number of halogens is 1. The lowest BCUT2D eigenvalue weighted by molar-refractivity contribution is 0.0988. The van der Waals surface area contributed by atoms with E-state index in [9.17, 15) is 9.18 Å². The summed E-state index contributed by atoms with van der Waals surface area (Å²) in [5.41, 5.74) is 6.89. The number of rotatable bonds is 4. The zero-order chi connectivity index (χ0) is 18.7. The Hall–Kier alpha value is -2.72. The van der Waals surface area contributed by atoms with Gasteiger partial charge < -0.3 is 5.73 Å². The molecule has 0 amide bonds. The number of nitriles is 1. The number of aliphatic imine (C=N–C) groups is 1. The predicted molar refractivity (Wildman–Crippen MR) is 99.4 cm³/mol. The van der Waals surface area contributed by atoms with E-state index in [0.717, 1.165) is 5.75 Å². The Morgan fingerprint density at radius 3 is 2.88 bits per heavy atom. The Labute approximate surface area is 155 Å². The predicted octanol–water partition coefficient (Wildman–Crippen LogP) is 3.18. The number of carbonyl (C=O) groups is 1. The Morgan fingerprint density at radius 2 is 2.23 bits per heavy atom. The summed E-state index contributed by atoms with van der Waals surface area (Å²) in [4.78, 5) is 20.9. The second-order valence-corrected chi connectivity index (χ2v) is 7.40. The van der Waals surface area contributed by atoms with Crippen LogP contribution in [-0.4, -0.2) is 21.7 Å². The molecule has 0 fully saturated rings. The molecule has 0 aliphatic carbocycles. The standard InChI is InChI=1S/C19H17FN4OS/c1-19(6-7-26-18(22)24-19)14-8-12(2-4-15(14)20)9-17(25)16-5-3-13(10-21)11-23-16/h2-5,8,11H,6-7,9H2,1H3,(H2,22,24)/t19-/m0/s1. The van der Waals surface area contributed by atoms with Gasteiger partial charge in [0.05, 0.1) is 11.1 Å². The lowest BCUT2D eigenvalue weighted by atomic mass is 9.87. The topological polar surface area (TPSA) is 92.1 Å². The molecule has 0 spiro atoms. The number of nitrogens with two attached hydrogens (primary N) is 1. The molecule has 0 radical (unpaired) electrons. The Kier molecular flexibility index (Phi) is 5.05. The summed E-state index contributed by atoms with van der Waals surface area (Å²) in [5, 5.41) is 9.24. The van der Waals surface area contributed by atoms with Crippen molar-refractivity contribution in [1.82, 2.24) is 4.98 Å². The van der Waals surface area contributed by atoms with Crippen LogP contribution in [0.5, 0.6) is 0 Å². The zero-order valence-electron chi connectivity index (χ0n) is 14.2. The van der Waals surface area contributed by atoms with Gasteiger partial charge in [0.25, 0.3) is 0 Å². The summed E-state index contributed by atoms with van der Waals surface area (Å²) < 4.78 is 14.4. The van der Waals surface area contributed by atoms with E-state index in [2.05, 4.69) is 9.98 Å². The van der Waals surface area contributed by atoms with Gasteiger partial charge in [0.2, 0.25) is 0 Å². The molecule has 1 atom stereocenters. The fraction of sp³-hybridized carbons (Fsp3) is 0.263. The van der Waals surface area contributed by atoms with Crippen LogP contribution in [-0.2, 0) is 12.0 Å². The van der Waals surface area contributed by atoms with Gasteiger partial charge in [-0.25, -0.2) is 4.39 Å². The van der Waals surface area contributed by atoms with Crippen LogP contribution in [0, 0.1) is 17.1 Å². The summed E-state index contributed by atoms with van der Waals surface area (Å²) in [5.74, 6) is 0.215. The van der Waals surface area contributed by atoms with Gasteiger partial charge in [-0.1, -0.05) is 17.8 Å². The highest BCUT2D eigenvalue weighted by Crippen LogP contribution is 2.36. The average molecular weight is 368 g/mol. The van der Waals surface area contributed by atoms with Crippen LogP contribution in [0.15, 0.2) is 41.5 Å². The van der Waals surface area contributed by atoms with E-state index in [0.29, 0.717) is 28.3 Å². The number of Topliss-reactive ketones (excluding diaryl/α,β-unsaturated/α-hetero) is 1. The number of hydrogen-bond donors (Lipinski definition) is 1. The lowest BCUT2D eigenvalue weighted by Crippen LogP contribution is -2.29. The van der Waals surface area contributed by atoms with E-state index in [1.807, 2.05) is 13.0 Å². The molecule has 0 unspecified atom stereocenters. The first-order chi connectivity index (χ1) is 12.4. The van der Waals surface area contributed by atoms with Crippen molar-refractivity contribution in [2.75, 3.05) is 5.75 Å². The van der Waals surface area contributed by atoms with Crippen LogP contribution in [0.2, 0.25) is 0 Å². The number of aromatic nitrogens is 1. The van der Waals surface area contributed by atoms with Crippen LogP contribution in [0.4, 0.5) is 4.39 Å². The molecule has 2 N–H and O–H groups in total. The van der Waals surface area contributed by atoms with Gasteiger partial charge in [0.15, 0.2) is 11.0 Å². The number of thioether (sulfide) groups is 1. The number of hydrogen-bond acceptors (Lipinski definition) is 6. The molecule has 2 aromatic rings. The summed E-state index contributed by atoms with van der Waals surface area (Å²) in [7, 11) is 0. The van der Waals surface area contributed by atoms with Crippen LogP contribution < -0.4 is 5.73 Å². The third-order valence-corrected chi connectivity index (χ3v) is 5.15. The van der Waals surface area contributed by atoms with Crippen molar-refractivity contribution in [3.8, 4) is 6.07 Å². The van der Waals surface area contributed by atoms with Gasteiger partial charge in [0.1, 0.15) is 17.6 Å². The van der Waals surface area contributed by atoms with Gasteiger partial charge in [-0.2, -0.15) is 5.26 Å². The molecule has 1 aliphatic rings. The molecule has 1 aromatic carbocycles. The van der Waals surface area contributed by atoms with Gasteiger partial charge in [-0.3, -0.25) is 14.8 Å². The summed E-state index contributed by atoms with van der Waals surface area (Å²) in [6.07, 6.45) is 2.13. The number of benzene rings is 1. The summed E-state index contributed by atoms with van der Waals surface area (Å²) >= 11 is 1.46. The monoisotopic (exact) mass is 368 g/mol. The van der Waals surface area contributed by atoms with Crippen molar-refractivity contribution < 1.29 is 9.18 Å².